The van der Waals surface area contributed by atoms with E-state index < -0.39 is 30.5 Å². The van der Waals surface area contributed by atoms with Gasteiger partial charge in [0.1, 0.15) is 13.2 Å². The van der Waals surface area contributed by atoms with Gasteiger partial charge in [0.2, 0.25) is 5.91 Å². The minimum atomic E-state index is -4.58. The lowest BCUT2D eigenvalue weighted by Gasteiger charge is -2.23. The number of hydroxylamine groups is 2. The fourth-order valence-electron chi connectivity index (χ4n) is 1.78. The van der Waals surface area contributed by atoms with Gasteiger partial charge in [0.15, 0.2) is 0 Å². The molecule has 0 aromatic heterocycles. The molecule has 0 saturated carbocycles. The van der Waals surface area contributed by atoms with Crippen molar-refractivity contribution in [1.29, 1.82) is 0 Å². The van der Waals surface area contributed by atoms with E-state index in [0.29, 0.717) is 0 Å². The zero-order valence-electron chi connectivity index (χ0n) is 12.8. The van der Waals surface area contributed by atoms with Gasteiger partial charge >= 0.3 is 12.1 Å². The molecule has 5 nitrogen and oxygen atoms in total. The van der Waals surface area contributed by atoms with E-state index in [4.69, 9.17) is 4.74 Å². The third kappa shape index (κ3) is 7.14. The molecule has 0 unspecified atom stereocenters. The second-order valence-corrected chi connectivity index (χ2v) is 4.92. The minimum absolute atomic E-state index is 0.0388. The van der Waals surface area contributed by atoms with E-state index in [9.17, 15) is 22.8 Å². The summed E-state index contributed by atoms with van der Waals surface area (Å²) >= 11 is 0. The van der Waals surface area contributed by atoms with Crippen LogP contribution in [-0.2, 0) is 25.8 Å². The molecule has 0 radical (unpaired) electrons. The molecule has 23 heavy (non-hydrogen) atoms. The van der Waals surface area contributed by atoms with E-state index >= 15 is 0 Å². The number of amides is 1. The zero-order chi connectivity index (χ0) is 17.5. The van der Waals surface area contributed by atoms with Gasteiger partial charge < -0.3 is 4.74 Å². The Labute approximate surface area is 131 Å². The quantitative estimate of drug-likeness (QED) is 0.569. The van der Waals surface area contributed by atoms with Crippen LogP contribution in [0.15, 0.2) is 30.3 Å². The van der Waals surface area contributed by atoms with Gasteiger partial charge in [-0.3, -0.25) is 14.4 Å². The van der Waals surface area contributed by atoms with Gasteiger partial charge in [-0.1, -0.05) is 37.3 Å². The van der Waals surface area contributed by atoms with Crippen LogP contribution in [0.4, 0.5) is 13.2 Å². The summed E-state index contributed by atoms with van der Waals surface area (Å²) in [5, 5.41) is 0.190. The van der Waals surface area contributed by atoms with Crippen molar-refractivity contribution >= 4 is 11.9 Å². The first-order valence-corrected chi connectivity index (χ1v) is 6.84. The molecule has 0 aliphatic rings. The van der Waals surface area contributed by atoms with Crippen LogP contribution in [0.5, 0.6) is 0 Å². The summed E-state index contributed by atoms with van der Waals surface area (Å²) in [5.41, 5.74) is 0.774. The van der Waals surface area contributed by atoms with Crippen LogP contribution in [0, 0.1) is 5.92 Å². The predicted molar refractivity (Wildman–Crippen MR) is 74.8 cm³/mol. The normalized spacial score (nSPS) is 12.6. The molecule has 1 aromatic rings. The maximum absolute atomic E-state index is 12.3. The second-order valence-electron chi connectivity index (χ2n) is 4.92. The van der Waals surface area contributed by atoms with Crippen LogP contribution < -0.4 is 0 Å². The van der Waals surface area contributed by atoms with E-state index in [1.807, 2.05) is 6.07 Å². The Morgan fingerprint density at radius 1 is 1.22 bits per heavy atom. The van der Waals surface area contributed by atoms with Crippen molar-refractivity contribution in [2.75, 3.05) is 13.7 Å². The summed E-state index contributed by atoms with van der Waals surface area (Å²) in [6.45, 7) is -0.155. The first-order valence-electron chi connectivity index (χ1n) is 6.84. The van der Waals surface area contributed by atoms with Crippen molar-refractivity contribution in [3.8, 4) is 0 Å². The number of carbonyl (C=O) groups excluding carboxylic acids is 2. The maximum atomic E-state index is 12.3. The Morgan fingerprint density at radius 2 is 1.83 bits per heavy atom. The van der Waals surface area contributed by atoms with E-state index in [-0.39, 0.29) is 18.1 Å². The van der Waals surface area contributed by atoms with E-state index in [1.165, 1.54) is 6.92 Å². The number of hydrogen-bond acceptors (Lipinski definition) is 4. The van der Waals surface area contributed by atoms with Crippen LogP contribution in [0.25, 0.3) is 0 Å². The Hall–Kier alpha value is -2.09. The monoisotopic (exact) mass is 333 g/mol. The smallest absolute Gasteiger partial charge is 0.408 e. The van der Waals surface area contributed by atoms with E-state index in [0.717, 1.165) is 12.7 Å². The van der Waals surface area contributed by atoms with Crippen molar-refractivity contribution in [2.45, 2.75) is 26.1 Å². The van der Waals surface area contributed by atoms with Crippen molar-refractivity contribution in [3.63, 3.8) is 0 Å². The molecule has 1 rings (SSSR count). The highest BCUT2D eigenvalue weighted by Gasteiger charge is 2.35. The van der Waals surface area contributed by atoms with Crippen molar-refractivity contribution < 1.29 is 32.3 Å². The maximum Gasteiger partial charge on any atom is 0.408 e. The summed E-state index contributed by atoms with van der Waals surface area (Å²) in [5.74, 6) is -2.58. The summed E-state index contributed by atoms with van der Waals surface area (Å²) in [7, 11) is 0.962. The number of nitrogens with zero attached hydrogens (tertiary/aromatic N) is 1. The van der Waals surface area contributed by atoms with E-state index in [1.54, 1.807) is 24.3 Å². The molecule has 0 N–H and O–H groups in total. The lowest BCUT2D eigenvalue weighted by atomic mass is 10.1. The number of alkyl halides is 3. The third-order valence-corrected chi connectivity index (χ3v) is 2.93. The molecule has 1 aromatic carbocycles. The van der Waals surface area contributed by atoms with Gasteiger partial charge in [0, 0.05) is 5.92 Å². The molecular formula is C15H18F3NO4. The lowest BCUT2D eigenvalue weighted by molar-refractivity contribution is -0.226. The Kier molecular flexibility index (Phi) is 7.02. The molecule has 0 spiro atoms. The van der Waals surface area contributed by atoms with Crippen LogP contribution in [0.1, 0.15) is 18.9 Å². The molecule has 1 amide bonds. The fraction of sp³-hybridized carbons (Fsp3) is 0.467. The summed E-state index contributed by atoms with van der Waals surface area (Å²) in [4.78, 5) is 28.0. The molecule has 8 heteroatoms. The standard InChI is InChI=1S/C15H18F3NO4/c1-11(14(21)19(22-2)10-15(16,17)18)8-13(20)23-9-12-6-4-3-5-7-12/h3-7,11H,8-10H2,1-2H3/t11-/m0/s1. The van der Waals surface area contributed by atoms with Crippen LogP contribution in [-0.4, -0.2) is 36.8 Å². The largest absolute Gasteiger partial charge is 0.461 e. The minimum Gasteiger partial charge on any atom is -0.461 e. The number of esters is 1. The SMILES string of the molecule is CON(CC(F)(F)F)C(=O)[C@@H](C)CC(=O)OCc1ccccc1. The van der Waals surface area contributed by atoms with Crippen molar-refractivity contribution in [2.24, 2.45) is 5.92 Å². The molecule has 0 bridgehead atoms. The van der Waals surface area contributed by atoms with Crippen molar-refractivity contribution in [1.82, 2.24) is 5.06 Å². The van der Waals surface area contributed by atoms with Gasteiger partial charge in [-0.05, 0) is 5.56 Å². The average Bonchev–Trinajstić information content (AvgIpc) is 2.50. The van der Waals surface area contributed by atoms with Crippen molar-refractivity contribution in [3.05, 3.63) is 35.9 Å². The predicted octanol–water partition coefficient (Wildman–Crippen LogP) is 2.71. The highest BCUT2D eigenvalue weighted by molar-refractivity contribution is 5.82. The Balaban J connectivity index is 2.48. The average molecular weight is 333 g/mol. The molecule has 0 fully saturated rings. The number of benzene rings is 1. The Bertz CT molecular complexity index is 519. The summed E-state index contributed by atoms with van der Waals surface area (Å²) in [6.07, 6.45) is -4.91. The van der Waals surface area contributed by atoms with Crippen LogP contribution >= 0.6 is 0 Å². The van der Waals surface area contributed by atoms with Crippen LogP contribution in [0.2, 0.25) is 0 Å². The molecule has 1 atom stereocenters. The summed E-state index contributed by atoms with van der Waals surface area (Å²) < 4.78 is 42.0. The number of halogens is 3. The van der Waals surface area contributed by atoms with Gasteiger partial charge in [-0.2, -0.15) is 13.2 Å². The summed E-state index contributed by atoms with van der Waals surface area (Å²) in [6, 6.07) is 8.90. The molecule has 0 aliphatic carbocycles. The lowest BCUT2D eigenvalue weighted by Crippen LogP contribution is -2.41. The van der Waals surface area contributed by atoms with Gasteiger partial charge in [-0.25, -0.2) is 5.06 Å². The molecular weight excluding hydrogens is 315 g/mol. The highest BCUT2D eigenvalue weighted by atomic mass is 19.4. The second kappa shape index (κ2) is 8.52. The fourth-order valence-corrected chi connectivity index (χ4v) is 1.78. The van der Waals surface area contributed by atoms with Gasteiger partial charge in [0.25, 0.3) is 0 Å². The third-order valence-electron chi connectivity index (χ3n) is 2.93. The van der Waals surface area contributed by atoms with Gasteiger partial charge in [0.05, 0.1) is 13.5 Å². The Morgan fingerprint density at radius 3 is 2.35 bits per heavy atom. The number of rotatable bonds is 7. The van der Waals surface area contributed by atoms with Gasteiger partial charge in [-0.15, -0.1) is 0 Å². The highest BCUT2D eigenvalue weighted by Crippen LogP contribution is 2.19. The number of carbonyl (C=O) groups is 2. The first-order chi connectivity index (χ1) is 10.7. The molecule has 128 valence electrons. The number of ether oxygens (including phenoxy) is 1. The zero-order valence-corrected chi connectivity index (χ0v) is 12.8. The topological polar surface area (TPSA) is 55.8 Å². The van der Waals surface area contributed by atoms with Crippen LogP contribution in [0.3, 0.4) is 0 Å². The molecule has 0 heterocycles. The van der Waals surface area contributed by atoms with E-state index in [2.05, 4.69) is 4.84 Å². The molecule has 0 aliphatic heterocycles. The number of hydrogen-bond donors (Lipinski definition) is 0. The molecule has 0 saturated heterocycles. The first kappa shape index (κ1) is 19.0.